The van der Waals surface area contributed by atoms with Crippen molar-refractivity contribution < 1.29 is 33.2 Å². The maximum Gasteiger partial charge on any atom is 0.433 e. The molecular formula is C23H21N3O8. The van der Waals surface area contributed by atoms with Gasteiger partial charge in [-0.15, -0.1) is 0 Å². The van der Waals surface area contributed by atoms with Crippen LogP contribution in [-0.2, 0) is 16.0 Å². The first kappa shape index (κ1) is 24.0. The maximum atomic E-state index is 12.6. The number of anilines is 1. The number of ether oxygens (including phenoxy) is 2. The van der Waals surface area contributed by atoms with Crippen LogP contribution in [-0.4, -0.2) is 43.0 Å². The van der Waals surface area contributed by atoms with Crippen molar-refractivity contribution >= 4 is 29.4 Å². The lowest BCUT2D eigenvalue weighted by atomic mass is 10.1. The molecule has 1 aromatic heterocycles. The van der Waals surface area contributed by atoms with Gasteiger partial charge in [0.1, 0.15) is 10.7 Å². The number of esters is 1. The number of hydrogen-bond donors (Lipinski definition) is 2. The minimum atomic E-state index is -1.03. The van der Waals surface area contributed by atoms with E-state index in [0.717, 1.165) is 23.4 Å². The summed E-state index contributed by atoms with van der Waals surface area (Å²) in [5.41, 5.74) is 1.49. The molecule has 0 spiro atoms. The average molecular weight is 467 g/mol. The van der Waals surface area contributed by atoms with Gasteiger partial charge in [-0.1, -0.05) is 24.3 Å². The Morgan fingerprint density at radius 2 is 1.76 bits per heavy atom. The van der Waals surface area contributed by atoms with E-state index in [1.165, 1.54) is 6.07 Å². The number of benzene rings is 2. The zero-order valence-electron chi connectivity index (χ0n) is 18.1. The topological polar surface area (TPSA) is 150 Å². The first-order valence-corrected chi connectivity index (χ1v) is 10.1. The van der Waals surface area contributed by atoms with Gasteiger partial charge in [0, 0.05) is 6.54 Å². The van der Waals surface area contributed by atoms with Crippen LogP contribution < -0.4 is 15.4 Å². The van der Waals surface area contributed by atoms with Gasteiger partial charge in [0.15, 0.2) is 6.61 Å². The first-order chi connectivity index (χ1) is 16.4. The normalized spacial score (nSPS) is 10.3. The molecule has 176 valence electrons. The van der Waals surface area contributed by atoms with E-state index in [1.54, 1.807) is 25.3 Å². The van der Waals surface area contributed by atoms with E-state index in [1.807, 2.05) is 24.3 Å². The third kappa shape index (κ3) is 6.42. The number of hydrogen-bond acceptors (Lipinski definition) is 8. The fourth-order valence-electron chi connectivity index (χ4n) is 2.92. The zero-order valence-corrected chi connectivity index (χ0v) is 18.1. The second kappa shape index (κ2) is 11.3. The van der Waals surface area contributed by atoms with Crippen LogP contribution >= 0.6 is 0 Å². The fourth-order valence-corrected chi connectivity index (χ4v) is 2.92. The number of furan rings is 1. The number of nitrogens with one attached hydrogen (secondary N) is 2. The van der Waals surface area contributed by atoms with Crippen molar-refractivity contribution in [3.8, 4) is 5.75 Å². The Morgan fingerprint density at radius 3 is 2.44 bits per heavy atom. The van der Waals surface area contributed by atoms with Gasteiger partial charge in [-0.25, -0.2) is 4.79 Å². The molecule has 0 radical (unpaired) electrons. The van der Waals surface area contributed by atoms with E-state index in [0.29, 0.717) is 13.0 Å². The van der Waals surface area contributed by atoms with Crippen LogP contribution in [0.25, 0.3) is 0 Å². The standard InChI is InChI=1S/C23H21N3O8/c1-32-16-8-6-15(7-9-16)12-13-24-22(28)17-4-2-3-5-18(17)25-20(27)14-33-23(29)19-10-11-21(34-19)26(30)31/h2-11H,12-14H2,1H3,(H,24,28)(H,25,27). The monoisotopic (exact) mass is 467 g/mol. The number of methoxy groups -OCH3 is 1. The Bertz CT molecular complexity index is 1190. The summed E-state index contributed by atoms with van der Waals surface area (Å²) in [4.78, 5) is 46.5. The molecule has 3 rings (SSSR count). The minimum absolute atomic E-state index is 0.235. The van der Waals surface area contributed by atoms with Crippen LogP contribution in [0.5, 0.6) is 5.75 Å². The highest BCUT2D eigenvalue weighted by atomic mass is 16.7. The number of carbonyl (C=O) groups excluding carboxylic acids is 3. The van der Waals surface area contributed by atoms with Crippen molar-refractivity contribution in [1.29, 1.82) is 0 Å². The molecule has 0 unspecified atom stereocenters. The number of para-hydroxylation sites is 1. The number of rotatable bonds is 10. The second-order valence-corrected chi connectivity index (χ2v) is 6.92. The Morgan fingerprint density at radius 1 is 1.03 bits per heavy atom. The molecule has 0 bridgehead atoms. The average Bonchev–Trinajstić information content (AvgIpc) is 3.34. The molecule has 1 heterocycles. The lowest BCUT2D eigenvalue weighted by Crippen LogP contribution is -2.28. The fraction of sp³-hybridized carbons (Fsp3) is 0.174. The highest BCUT2D eigenvalue weighted by Crippen LogP contribution is 2.17. The quantitative estimate of drug-likeness (QED) is 0.262. The van der Waals surface area contributed by atoms with Gasteiger partial charge >= 0.3 is 11.9 Å². The number of amides is 2. The van der Waals surface area contributed by atoms with Crippen molar-refractivity contribution in [2.75, 3.05) is 25.6 Å². The van der Waals surface area contributed by atoms with E-state index in [4.69, 9.17) is 13.9 Å². The summed E-state index contributed by atoms with van der Waals surface area (Å²) >= 11 is 0. The van der Waals surface area contributed by atoms with Crippen LogP contribution in [0.1, 0.15) is 26.5 Å². The van der Waals surface area contributed by atoms with Gasteiger partial charge in [-0.05, 0) is 42.3 Å². The van der Waals surface area contributed by atoms with Crippen molar-refractivity contribution in [3.63, 3.8) is 0 Å². The summed E-state index contributed by atoms with van der Waals surface area (Å²) in [6, 6.07) is 15.9. The van der Waals surface area contributed by atoms with E-state index >= 15 is 0 Å². The van der Waals surface area contributed by atoms with E-state index < -0.39 is 35.1 Å². The van der Waals surface area contributed by atoms with Crippen molar-refractivity contribution in [2.45, 2.75) is 6.42 Å². The molecule has 0 fully saturated rings. The van der Waals surface area contributed by atoms with E-state index in [-0.39, 0.29) is 17.2 Å². The van der Waals surface area contributed by atoms with Crippen LogP contribution in [0.15, 0.2) is 65.1 Å². The Labute approximate surface area is 193 Å². The summed E-state index contributed by atoms with van der Waals surface area (Å²) in [6.45, 7) is -0.304. The summed E-state index contributed by atoms with van der Waals surface area (Å²) < 4.78 is 14.6. The molecule has 34 heavy (non-hydrogen) atoms. The summed E-state index contributed by atoms with van der Waals surface area (Å²) in [5, 5.41) is 15.9. The smallest absolute Gasteiger partial charge is 0.433 e. The Kier molecular flexibility index (Phi) is 7.95. The predicted octanol–water partition coefficient (Wildman–Crippen LogP) is 2.96. The van der Waals surface area contributed by atoms with Crippen molar-refractivity contribution in [1.82, 2.24) is 5.32 Å². The second-order valence-electron chi connectivity index (χ2n) is 6.92. The van der Waals surface area contributed by atoms with Gasteiger partial charge in [0.05, 0.1) is 24.4 Å². The summed E-state index contributed by atoms with van der Waals surface area (Å²) in [7, 11) is 1.59. The van der Waals surface area contributed by atoms with Crippen molar-refractivity contribution in [2.24, 2.45) is 0 Å². The highest BCUT2D eigenvalue weighted by Gasteiger charge is 2.20. The molecule has 11 heteroatoms. The van der Waals surface area contributed by atoms with Crippen molar-refractivity contribution in [3.05, 3.63) is 87.7 Å². The maximum absolute atomic E-state index is 12.6. The third-order valence-electron chi connectivity index (χ3n) is 4.61. The number of nitro groups is 1. The number of nitrogens with zero attached hydrogens (tertiary/aromatic N) is 1. The largest absolute Gasteiger partial charge is 0.497 e. The van der Waals surface area contributed by atoms with Crippen LogP contribution in [0.2, 0.25) is 0 Å². The molecule has 0 aliphatic carbocycles. The van der Waals surface area contributed by atoms with Gasteiger partial charge in [0.25, 0.3) is 11.8 Å². The molecule has 0 aliphatic heterocycles. The van der Waals surface area contributed by atoms with Crippen LogP contribution in [0.4, 0.5) is 11.6 Å². The molecule has 0 aliphatic rings. The first-order valence-electron chi connectivity index (χ1n) is 10.1. The molecule has 0 saturated heterocycles. The van der Waals surface area contributed by atoms with Gasteiger partial charge in [-0.2, -0.15) is 0 Å². The predicted molar refractivity (Wildman–Crippen MR) is 120 cm³/mol. The molecule has 2 amide bonds. The molecule has 0 atom stereocenters. The van der Waals surface area contributed by atoms with Crippen LogP contribution in [0, 0.1) is 10.1 Å². The van der Waals surface area contributed by atoms with E-state index in [2.05, 4.69) is 10.6 Å². The van der Waals surface area contributed by atoms with Gasteiger partial charge in [0.2, 0.25) is 5.76 Å². The van der Waals surface area contributed by atoms with Gasteiger partial charge < -0.3 is 24.5 Å². The molecule has 0 saturated carbocycles. The Balaban J connectivity index is 1.51. The summed E-state index contributed by atoms with van der Waals surface area (Å²) in [6.07, 6.45) is 0.602. The molecular weight excluding hydrogens is 446 g/mol. The van der Waals surface area contributed by atoms with E-state index in [9.17, 15) is 24.5 Å². The number of carbonyl (C=O) groups is 3. The lowest BCUT2D eigenvalue weighted by Gasteiger charge is -2.12. The highest BCUT2D eigenvalue weighted by molar-refractivity contribution is 6.04. The molecule has 3 aromatic rings. The minimum Gasteiger partial charge on any atom is -0.497 e. The molecule has 2 N–H and O–H groups in total. The van der Waals surface area contributed by atoms with Gasteiger partial charge in [-0.3, -0.25) is 19.7 Å². The zero-order chi connectivity index (χ0) is 24.5. The lowest BCUT2D eigenvalue weighted by molar-refractivity contribution is -0.402. The summed E-state index contributed by atoms with van der Waals surface area (Å²) in [5.74, 6) is -2.40. The van der Waals surface area contributed by atoms with Crippen LogP contribution in [0.3, 0.4) is 0 Å². The Hall–Kier alpha value is -4.67. The molecule has 11 nitrogen and oxygen atoms in total. The SMILES string of the molecule is COc1ccc(CCNC(=O)c2ccccc2NC(=O)COC(=O)c2ccc([N+](=O)[O-])o2)cc1. The molecule has 2 aromatic carbocycles. The third-order valence-corrected chi connectivity index (χ3v) is 4.61.